The minimum Gasteiger partial charge on any atom is -0.382 e. The second kappa shape index (κ2) is 7.17. The van der Waals surface area contributed by atoms with Crippen molar-refractivity contribution >= 4 is 0 Å². The Morgan fingerprint density at radius 1 is 1.33 bits per heavy atom. The van der Waals surface area contributed by atoms with Gasteiger partial charge in [0.25, 0.3) is 0 Å². The predicted molar refractivity (Wildman–Crippen MR) is 60.9 cm³/mol. The number of ether oxygens (including phenoxy) is 2. The van der Waals surface area contributed by atoms with Crippen LogP contribution in [0.5, 0.6) is 0 Å². The monoisotopic (exact) mass is 216 g/mol. The molecule has 0 bridgehead atoms. The Morgan fingerprint density at radius 3 is 2.80 bits per heavy atom. The van der Waals surface area contributed by atoms with Crippen LogP contribution in [-0.4, -0.2) is 57.5 Å². The van der Waals surface area contributed by atoms with Crippen LogP contribution < -0.4 is 5.73 Å². The van der Waals surface area contributed by atoms with Gasteiger partial charge in [0.15, 0.2) is 0 Å². The number of piperidine rings is 1. The lowest BCUT2D eigenvalue weighted by Crippen LogP contribution is -2.48. The molecule has 2 unspecified atom stereocenters. The molecule has 0 aliphatic carbocycles. The number of hydrogen-bond acceptors (Lipinski definition) is 4. The molecule has 4 nitrogen and oxygen atoms in total. The molecule has 2 atom stereocenters. The highest BCUT2D eigenvalue weighted by molar-refractivity contribution is 4.80. The molecule has 1 aliphatic rings. The fourth-order valence-corrected chi connectivity index (χ4v) is 1.81. The van der Waals surface area contributed by atoms with E-state index in [4.69, 9.17) is 15.2 Å². The minimum absolute atomic E-state index is 0.331. The molecule has 90 valence electrons. The van der Waals surface area contributed by atoms with Gasteiger partial charge in [-0.05, 0) is 18.9 Å². The lowest BCUT2D eigenvalue weighted by Gasteiger charge is -2.34. The van der Waals surface area contributed by atoms with E-state index in [1.54, 1.807) is 7.11 Å². The summed E-state index contributed by atoms with van der Waals surface area (Å²) in [6, 6.07) is 0.331. The summed E-state index contributed by atoms with van der Waals surface area (Å²) < 4.78 is 10.3. The van der Waals surface area contributed by atoms with E-state index in [0.29, 0.717) is 25.2 Å². The van der Waals surface area contributed by atoms with Crippen molar-refractivity contribution in [2.75, 3.05) is 46.6 Å². The molecule has 4 heteroatoms. The maximum atomic E-state index is 6.02. The zero-order valence-electron chi connectivity index (χ0n) is 9.95. The summed E-state index contributed by atoms with van der Waals surface area (Å²) in [6.07, 6.45) is 1.21. The highest BCUT2D eigenvalue weighted by atomic mass is 16.5. The van der Waals surface area contributed by atoms with Gasteiger partial charge in [-0.3, -0.25) is 4.90 Å². The molecular formula is C11H24N2O2. The van der Waals surface area contributed by atoms with Gasteiger partial charge in [-0.15, -0.1) is 0 Å². The van der Waals surface area contributed by atoms with Crippen molar-refractivity contribution in [2.24, 2.45) is 11.7 Å². The molecule has 1 saturated heterocycles. The zero-order valence-corrected chi connectivity index (χ0v) is 9.95. The lowest BCUT2D eigenvalue weighted by atomic mass is 9.94. The smallest absolute Gasteiger partial charge is 0.0700 e. The van der Waals surface area contributed by atoms with Crippen molar-refractivity contribution in [3.05, 3.63) is 0 Å². The van der Waals surface area contributed by atoms with Gasteiger partial charge in [-0.2, -0.15) is 0 Å². The van der Waals surface area contributed by atoms with Crippen LogP contribution in [-0.2, 0) is 9.47 Å². The number of methoxy groups -OCH3 is 1. The van der Waals surface area contributed by atoms with E-state index >= 15 is 0 Å². The Balaban J connectivity index is 2.02. The molecule has 0 aromatic rings. The molecule has 2 N–H and O–H groups in total. The molecule has 0 spiro atoms. The molecule has 0 aromatic heterocycles. The first kappa shape index (κ1) is 12.9. The third-order valence-electron chi connectivity index (χ3n) is 3.08. The molecule has 1 rings (SSSR count). The average molecular weight is 216 g/mol. The van der Waals surface area contributed by atoms with E-state index in [-0.39, 0.29) is 0 Å². The summed E-state index contributed by atoms with van der Waals surface area (Å²) in [7, 11) is 1.69. The number of hydrogen-bond donors (Lipinski definition) is 1. The fourth-order valence-electron chi connectivity index (χ4n) is 1.81. The quantitative estimate of drug-likeness (QED) is 0.650. The topological polar surface area (TPSA) is 47.7 Å². The Hall–Kier alpha value is -0.160. The average Bonchev–Trinajstić information content (AvgIpc) is 2.23. The van der Waals surface area contributed by atoms with Crippen molar-refractivity contribution in [1.82, 2.24) is 4.90 Å². The van der Waals surface area contributed by atoms with Gasteiger partial charge in [0.1, 0.15) is 0 Å². The Bertz CT molecular complexity index is 167. The van der Waals surface area contributed by atoms with Gasteiger partial charge in [0, 0.05) is 26.2 Å². The van der Waals surface area contributed by atoms with Gasteiger partial charge in [0.05, 0.1) is 19.8 Å². The number of nitrogens with zero attached hydrogens (tertiary/aromatic N) is 1. The number of likely N-dealkylation sites (tertiary alicyclic amines) is 1. The maximum Gasteiger partial charge on any atom is 0.0700 e. The normalized spacial score (nSPS) is 28.2. The van der Waals surface area contributed by atoms with Crippen LogP contribution in [0.3, 0.4) is 0 Å². The maximum absolute atomic E-state index is 6.02. The fraction of sp³-hybridized carbons (Fsp3) is 1.00. The molecule has 1 heterocycles. The molecule has 0 amide bonds. The first-order valence-corrected chi connectivity index (χ1v) is 5.78. The minimum atomic E-state index is 0.331. The summed E-state index contributed by atoms with van der Waals surface area (Å²) >= 11 is 0. The first-order chi connectivity index (χ1) is 7.24. The Labute approximate surface area is 92.7 Å². The van der Waals surface area contributed by atoms with E-state index in [9.17, 15) is 0 Å². The molecular weight excluding hydrogens is 192 g/mol. The summed E-state index contributed by atoms with van der Waals surface area (Å²) in [4.78, 5) is 2.39. The van der Waals surface area contributed by atoms with Crippen molar-refractivity contribution in [3.63, 3.8) is 0 Å². The summed E-state index contributed by atoms with van der Waals surface area (Å²) in [6.45, 7) is 7.53. The van der Waals surface area contributed by atoms with Crippen molar-refractivity contribution < 1.29 is 9.47 Å². The summed E-state index contributed by atoms with van der Waals surface area (Å²) in [5, 5.41) is 0. The van der Waals surface area contributed by atoms with Crippen LogP contribution in [0.25, 0.3) is 0 Å². The van der Waals surface area contributed by atoms with Crippen LogP contribution in [0.15, 0.2) is 0 Å². The van der Waals surface area contributed by atoms with E-state index in [1.807, 2.05) is 0 Å². The van der Waals surface area contributed by atoms with Crippen LogP contribution in [0.1, 0.15) is 13.3 Å². The summed E-state index contributed by atoms with van der Waals surface area (Å²) in [5.41, 5.74) is 6.02. The first-order valence-electron chi connectivity index (χ1n) is 5.78. The van der Waals surface area contributed by atoms with Crippen molar-refractivity contribution in [3.8, 4) is 0 Å². The Kier molecular flexibility index (Phi) is 6.17. The molecule has 1 aliphatic heterocycles. The van der Waals surface area contributed by atoms with Crippen LogP contribution >= 0.6 is 0 Å². The summed E-state index contributed by atoms with van der Waals surface area (Å²) in [5.74, 6) is 0.663. The SMILES string of the molecule is COCCOCCN1CCC(C)C(N)C1. The zero-order chi connectivity index (χ0) is 11.1. The third kappa shape index (κ3) is 4.93. The van der Waals surface area contributed by atoms with E-state index in [2.05, 4.69) is 11.8 Å². The highest BCUT2D eigenvalue weighted by Crippen LogP contribution is 2.14. The number of nitrogens with two attached hydrogens (primary N) is 1. The second-order valence-electron chi connectivity index (χ2n) is 4.34. The van der Waals surface area contributed by atoms with Crippen molar-refractivity contribution in [1.29, 1.82) is 0 Å². The van der Waals surface area contributed by atoms with Gasteiger partial charge in [-0.1, -0.05) is 6.92 Å². The molecule has 1 fully saturated rings. The van der Waals surface area contributed by atoms with Gasteiger partial charge in [0.2, 0.25) is 0 Å². The largest absolute Gasteiger partial charge is 0.382 e. The molecule has 0 radical (unpaired) electrons. The van der Waals surface area contributed by atoms with Crippen LogP contribution in [0, 0.1) is 5.92 Å². The third-order valence-corrected chi connectivity index (χ3v) is 3.08. The Morgan fingerprint density at radius 2 is 2.13 bits per heavy atom. The van der Waals surface area contributed by atoms with Gasteiger partial charge in [-0.25, -0.2) is 0 Å². The predicted octanol–water partition coefficient (Wildman–Crippen LogP) is 0.319. The van der Waals surface area contributed by atoms with Crippen LogP contribution in [0.2, 0.25) is 0 Å². The number of rotatable bonds is 6. The second-order valence-corrected chi connectivity index (χ2v) is 4.34. The molecule has 0 saturated carbocycles. The molecule has 0 aromatic carbocycles. The lowest BCUT2D eigenvalue weighted by molar-refractivity contribution is 0.0493. The highest BCUT2D eigenvalue weighted by Gasteiger charge is 2.22. The molecule has 15 heavy (non-hydrogen) atoms. The van der Waals surface area contributed by atoms with E-state index in [1.165, 1.54) is 6.42 Å². The van der Waals surface area contributed by atoms with Crippen molar-refractivity contribution in [2.45, 2.75) is 19.4 Å². The van der Waals surface area contributed by atoms with Gasteiger partial charge < -0.3 is 15.2 Å². The van der Waals surface area contributed by atoms with Crippen LogP contribution in [0.4, 0.5) is 0 Å². The van der Waals surface area contributed by atoms with Gasteiger partial charge >= 0.3 is 0 Å². The van der Waals surface area contributed by atoms with E-state index in [0.717, 1.165) is 26.2 Å². The standard InChI is InChI=1S/C11H24N2O2/c1-10-3-4-13(9-11(10)12)5-6-15-8-7-14-2/h10-11H,3-9,12H2,1-2H3. The van der Waals surface area contributed by atoms with E-state index < -0.39 is 0 Å².